The summed E-state index contributed by atoms with van der Waals surface area (Å²) >= 11 is 1.37. The Morgan fingerprint density at radius 1 is 1.14 bits per heavy atom. The number of carbonyl (C=O) groups is 1. The van der Waals surface area contributed by atoms with Gasteiger partial charge in [-0.2, -0.15) is 4.98 Å². The number of benzene rings is 3. The van der Waals surface area contributed by atoms with Crippen molar-refractivity contribution in [1.82, 2.24) is 14.8 Å². The topological polar surface area (TPSA) is 135 Å². The SMILES string of the molecule is CC1=C(C(=O)Nc2ccccc2)C(c2cccc(O)c2)n2nc(SCc3ccc([N+](=O)[O-])cc3)nc2N1. The number of rotatable bonds is 7. The molecule has 0 aliphatic carbocycles. The Hall–Kier alpha value is -4.64. The van der Waals surface area contributed by atoms with Gasteiger partial charge in [0.15, 0.2) is 0 Å². The van der Waals surface area contributed by atoms with E-state index in [1.54, 1.807) is 54.1 Å². The average Bonchev–Trinajstić information content (AvgIpc) is 3.29. The van der Waals surface area contributed by atoms with Gasteiger partial charge in [0.1, 0.15) is 11.8 Å². The van der Waals surface area contributed by atoms with Crippen LogP contribution in [0.2, 0.25) is 0 Å². The second kappa shape index (κ2) is 10.2. The number of nitrogens with one attached hydrogen (secondary N) is 2. The van der Waals surface area contributed by atoms with Crippen molar-refractivity contribution in [3.8, 4) is 5.75 Å². The number of para-hydroxylation sites is 1. The third-order valence-corrected chi connectivity index (χ3v) is 6.72. The number of anilines is 2. The van der Waals surface area contributed by atoms with Gasteiger partial charge in [0.25, 0.3) is 11.6 Å². The minimum absolute atomic E-state index is 0.0327. The van der Waals surface area contributed by atoms with Crippen molar-refractivity contribution in [3.05, 3.63) is 111 Å². The average molecular weight is 515 g/mol. The second-order valence-corrected chi connectivity index (χ2v) is 9.30. The molecule has 0 radical (unpaired) electrons. The van der Waals surface area contributed by atoms with E-state index in [1.807, 2.05) is 24.3 Å². The normalized spacial score (nSPS) is 14.6. The van der Waals surface area contributed by atoms with E-state index in [0.717, 1.165) is 5.56 Å². The molecule has 10 nitrogen and oxygen atoms in total. The van der Waals surface area contributed by atoms with E-state index in [4.69, 9.17) is 0 Å². The Morgan fingerprint density at radius 2 is 1.89 bits per heavy atom. The van der Waals surface area contributed by atoms with Gasteiger partial charge in [0.05, 0.1) is 10.5 Å². The molecule has 186 valence electrons. The molecule has 2 heterocycles. The highest BCUT2D eigenvalue weighted by Gasteiger charge is 2.34. The smallest absolute Gasteiger partial charge is 0.269 e. The number of hydrogen-bond donors (Lipinski definition) is 3. The molecule has 0 bridgehead atoms. The van der Waals surface area contributed by atoms with E-state index in [2.05, 4.69) is 20.7 Å². The quantitative estimate of drug-likeness (QED) is 0.176. The first-order chi connectivity index (χ1) is 17.9. The lowest BCUT2D eigenvalue weighted by Gasteiger charge is -2.28. The minimum atomic E-state index is -0.631. The van der Waals surface area contributed by atoms with Gasteiger partial charge >= 0.3 is 0 Å². The Morgan fingerprint density at radius 3 is 2.59 bits per heavy atom. The van der Waals surface area contributed by atoms with Crippen molar-refractivity contribution in [1.29, 1.82) is 0 Å². The van der Waals surface area contributed by atoms with Crippen LogP contribution in [0.3, 0.4) is 0 Å². The molecular formula is C26H22N6O4S. The number of non-ortho nitro benzene ring substituents is 1. The van der Waals surface area contributed by atoms with E-state index in [9.17, 15) is 20.0 Å². The van der Waals surface area contributed by atoms with Crippen LogP contribution in [0.25, 0.3) is 0 Å². The van der Waals surface area contributed by atoms with Crippen LogP contribution in [0.4, 0.5) is 17.3 Å². The Labute approximate surface area is 216 Å². The molecule has 0 saturated heterocycles. The van der Waals surface area contributed by atoms with Gasteiger partial charge in [-0.15, -0.1) is 5.10 Å². The Kier molecular flexibility index (Phi) is 6.60. The number of allylic oxidation sites excluding steroid dienone is 1. The number of nitrogens with zero attached hydrogens (tertiary/aromatic N) is 4. The number of amides is 1. The molecule has 5 rings (SSSR count). The standard InChI is InChI=1S/C26H22N6O4S/c1-16-22(24(34)28-19-7-3-2-4-8-19)23(18-6-5-9-21(33)14-18)31-25(27-16)29-26(30-31)37-15-17-10-12-20(13-11-17)32(35)36/h2-14,23,33H,15H2,1H3,(H,28,34)(H,27,29,30). The van der Waals surface area contributed by atoms with Crippen LogP contribution in [-0.4, -0.2) is 30.7 Å². The van der Waals surface area contributed by atoms with Gasteiger partial charge in [-0.05, 0) is 42.3 Å². The van der Waals surface area contributed by atoms with Gasteiger partial charge in [-0.1, -0.05) is 54.2 Å². The van der Waals surface area contributed by atoms with Crippen LogP contribution in [0.1, 0.15) is 24.1 Å². The van der Waals surface area contributed by atoms with Gasteiger partial charge < -0.3 is 15.7 Å². The first-order valence-corrected chi connectivity index (χ1v) is 12.3. The third-order valence-electron chi connectivity index (χ3n) is 5.81. The third kappa shape index (κ3) is 5.16. The molecule has 0 fully saturated rings. The number of thioether (sulfide) groups is 1. The van der Waals surface area contributed by atoms with Crippen LogP contribution < -0.4 is 10.6 Å². The summed E-state index contributed by atoms with van der Waals surface area (Å²) in [7, 11) is 0. The lowest BCUT2D eigenvalue weighted by Crippen LogP contribution is -2.31. The fourth-order valence-electron chi connectivity index (χ4n) is 4.07. The molecule has 0 spiro atoms. The summed E-state index contributed by atoms with van der Waals surface area (Å²) in [5, 5.41) is 32.3. The van der Waals surface area contributed by atoms with Crippen molar-refractivity contribution < 1.29 is 14.8 Å². The maximum atomic E-state index is 13.5. The number of aromatic nitrogens is 3. The van der Waals surface area contributed by atoms with Crippen molar-refractivity contribution in [2.24, 2.45) is 0 Å². The highest BCUT2D eigenvalue weighted by molar-refractivity contribution is 7.98. The van der Waals surface area contributed by atoms with Crippen molar-refractivity contribution in [2.75, 3.05) is 10.6 Å². The number of nitro benzene ring substituents is 1. The summed E-state index contributed by atoms with van der Waals surface area (Å²) in [5.74, 6) is 0.747. The maximum absolute atomic E-state index is 13.5. The fourth-order valence-corrected chi connectivity index (χ4v) is 4.86. The molecule has 0 saturated carbocycles. The first-order valence-electron chi connectivity index (χ1n) is 11.3. The van der Waals surface area contributed by atoms with E-state index in [1.165, 1.54) is 23.9 Å². The fraction of sp³-hybridized carbons (Fsp3) is 0.115. The number of carbonyl (C=O) groups excluding carboxylic acids is 1. The predicted molar refractivity (Wildman–Crippen MR) is 140 cm³/mol. The van der Waals surface area contributed by atoms with Crippen LogP contribution in [0, 0.1) is 10.1 Å². The minimum Gasteiger partial charge on any atom is -0.508 e. The largest absolute Gasteiger partial charge is 0.508 e. The second-order valence-electron chi connectivity index (χ2n) is 8.36. The highest BCUT2D eigenvalue weighted by Crippen LogP contribution is 2.38. The molecule has 1 aromatic heterocycles. The lowest BCUT2D eigenvalue weighted by atomic mass is 9.95. The summed E-state index contributed by atoms with van der Waals surface area (Å²) < 4.78 is 1.64. The monoisotopic (exact) mass is 514 g/mol. The van der Waals surface area contributed by atoms with Gasteiger partial charge in [0, 0.05) is 29.3 Å². The summed E-state index contributed by atoms with van der Waals surface area (Å²) in [6.45, 7) is 1.80. The Balaban J connectivity index is 1.45. The summed E-state index contributed by atoms with van der Waals surface area (Å²) in [5.41, 5.74) is 3.32. The van der Waals surface area contributed by atoms with Crippen molar-refractivity contribution in [3.63, 3.8) is 0 Å². The van der Waals surface area contributed by atoms with Crippen LogP contribution in [-0.2, 0) is 10.5 Å². The molecule has 3 N–H and O–H groups in total. The number of nitro groups is 1. The van der Waals surface area contributed by atoms with Gasteiger partial charge in [-0.3, -0.25) is 14.9 Å². The molecular weight excluding hydrogens is 492 g/mol. The molecule has 4 aromatic rings. The van der Waals surface area contributed by atoms with Crippen molar-refractivity contribution in [2.45, 2.75) is 23.9 Å². The molecule has 1 atom stereocenters. The lowest BCUT2D eigenvalue weighted by molar-refractivity contribution is -0.384. The van der Waals surface area contributed by atoms with E-state index in [-0.39, 0.29) is 17.3 Å². The summed E-state index contributed by atoms with van der Waals surface area (Å²) in [4.78, 5) is 28.5. The van der Waals surface area contributed by atoms with Crippen LogP contribution >= 0.6 is 11.8 Å². The van der Waals surface area contributed by atoms with Crippen LogP contribution in [0.15, 0.2) is 95.3 Å². The Bertz CT molecular complexity index is 1500. The number of aromatic hydroxyl groups is 1. The molecule has 3 aromatic carbocycles. The molecule has 1 unspecified atom stereocenters. The zero-order valence-corrected chi connectivity index (χ0v) is 20.5. The van der Waals surface area contributed by atoms with E-state index >= 15 is 0 Å². The zero-order valence-electron chi connectivity index (χ0n) is 19.7. The molecule has 11 heteroatoms. The summed E-state index contributed by atoms with van der Waals surface area (Å²) in [6, 6.07) is 21.6. The molecule has 1 amide bonds. The van der Waals surface area contributed by atoms with E-state index < -0.39 is 11.0 Å². The summed E-state index contributed by atoms with van der Waals surface area (Å²) in [6.07, 6.45) is 0. The van der Waals surface area contributed by atoms with Crippen LogP contribution in [0.5, 0.6) is 5.75 Å². The predicted octanol–water partition coefficient (Wildman–Crippen LogP) is 5.11. The van der Waals surface area contributed by atoms with Gasteiger partial charge in [0.2, 0.25) is 11.1 Å². The first kappa shape index (κ1) is 24.1. The maximum Gasteiger partial charge on any atom is 0.269 e. The molecule has 1 aliphatic rings. The number of phenols is 1. The van der Waals surface area contributed by atoms with Gasteiger partial charge in [-0.25, -0.2) is 4.68 Å². The van der Waals surface area contributed by atoms with E-state index in [0.29, 0.717) is 39.4 Å². The zero-order chi connectivity index (χ0) is 25.9. The highest BCUT2D eigenvalue weighted by atomic mass is 32.2. The van der Waals surface area contributed by atoms with Crippen molar-refractivity contribution >= 4 is 35.0 Å². The number of hydrogen-bond acceptors (Lipinski definition) is 8. The molecule has 1 aliphatic heterocycles. The number of fused-ring (bicyclic) bond motifs is 1. The molecule has 37 heavy (non-hydrogen) atoms. The number of phenolic OH excluding ortho intramolecular Hbond substituents is 1.